The minimum Gasteiger partial charge on any atom is -0.494 e. The number of aromatic nitrogens is 3. The minimum atomic E-state index is 0.778. The maximum atomic E-state index is 6.06. The van der Waals surface area contributed by atoms with E-state index in [0.29, 0.717) is 0 Å². The lowest BCUT2D eigenvalue weighted by atomic mass is 10.1. The molecule has 0 amide bonds. The molecule has 1 fully saturated rings. The van der Waals surface area contributed by atoms with Crippen LogP contribution >= 0.6 is 0 Å². The van der Waals surface area contributed by atoms with Crippen LogP contribution in [0.3, 0.4) is 0 Å². The lowest BCUT2D eigenvalue weighted by molar-refractivity contribution is -0.162. The molecule has 1 aliphatic heterocycles. The number of hydrogen-bond acceptors (Lipinski definition) is 6. The molecule has 0 atom stereocenters. The molecule has 0 spiro atoms. The molecular formula is C38H59N5O2. The molecule has 2 heterocycles. The third-order valence-corrected chi connectivity index (χ3v) is 8.90. The fourth-order valence-electron chi connectivity index (χ4n) is 5.99. The second-order valence-electron chi connectivity index (χ2n) is 12.6. The number of hydrogen-bond donors (Lipinski definition) is 0. The summed E-state index contributed by atoms with van der Waals surface area (Å²) in [7, 11) is 0. The first-order chi connectivity index (χ1) is 22.3. The van der Waals surface area contributed by atoms with Gasteiger partial charge in [-0.25, -0.2) is 4.68 Å². The fraction of sp³-hybridized carbons (Fsp3) is 0.632. The van der Waals surface area contributed by atoms with Crippen LogP contribution in [0, 0.1) is 0 Å². The first-order valence-electron chi connectivity index (χ1n) is 18.2. The van der Waals surface area contributed by atoms with Gasteiger partial charge in [-0.05, 0) is 49.2 Å². The highest BCUT2D eigenvalue weighted by molar-refractivity contribution is 5.62. The molecule has 248 valence electrons. The number of ether oxygens (including phenoxy) is 1. The molecule has 0 saturated carbocycles. The molecule has 0 radical (unpaired) electrons. The standard InChI is InChI=1S/C38H59N5O2/c1-3-5-7-9-11-13-15-17-31-44-37-25-23-36(24-26-37)43-33-38(39-40-43)34-19-21-35(22-20-34)41-27-29-42(30-28-41)45-32-18-16-14-12-10-8-6-4-2/h19-26,33H,3-18,27-32H2,1-2H3. The Morgan fingerprint density at radius 1 is 0.578 bits per heavy atom. The predicted molar refractivity (Wildman–Crippen MR) is 187 cm³/mol. The van der Waals surface area contributed by atoms with Gasteiger partial charge < -0.3 is 9.64 Å². The first kappa shape index (κ1) is 35.0. The van der Waals surface area contributed by atoms with Crippen molar-refractivity contribution in [2.24, 2.45) is 0 Å². The summed E-state index contributed by atoms with van der Waals surface area (Å²) in [5.74, 6) is 0.911. The maximum absolute atomic E-state index is 6.06. The fourth-order valence-corrected chi connectivity index (χ4v) is 5.99. The van der Waals surface area contributed by atoms with Crippen molar-refractivity contribution in [2.75, 3.05) is 44.3 Å². The Balaban J connectivity index is 1.12. The molecule has 0 bridgehead atoms. The van der Waals surface area contributed by atoms with Gasteiger partial charge in [-0.15, -0.1) is 5.10 Å². The maximum Gasteiger partial charge on any atom is 0.119 e. The molecule has 7 nitrogen and oxygen atoms in total. The number of benzene rings is 2. The van der Waals surface area contributed by atoms with E-state index < -0.39 is 0 Å². The Bertz CT molecular complexity index is 1160. The number of unbranched alkanes of at least 4 members (excludes halogenated alkanes) is 14. The largest absolute Gasteiger partial charge is 0.494 e. The Labute approximate surface area is 273 Å². The van der Waals surface area contributed by atoms with E-state index >= 15 is 0 Å². The van der Waals surface area contributed by atoms with Crippen molar-refractivity contribution < 1.29 is 9.57 Å². The van der Waals surface area contributed by atoms with Gasteiger partial charge in [0.1, 0.15) is 11.4 Å². The molecule has 7 heteroatoms. The summed E-state index contributed by atoms with van der Waals surface area (Å²) in [5.41, 5.74) is 4.17. The number of hydroxylamine groups is 2. The first-order valence-corrected chi connectivity index (χ1v) is 18.2. The summed E-state index contributed by atoms with van der Waals surface area (Å²) in [6.07, 6.45) is 23.1. The number of piperazine rings is 1. The van der Waals surface area contributed by atoms with E-state index in [-0.39, 0.29) is 0 Å². The SMILES string of the molecule is CCCCCCCCCCOc1ccc(-n2cc(-c3ccc(N4CCN(OCCCCCCCCCC)CC4)cc3)nn2)cc1. The third kappa shape index (κ3) is 12.8. The summed E-state index contributed by atoms with van der Waals surface area (Å²) in [5, 5.41) is 11.0. The van der Waals surface area contributed by atoms with Crippen LogP contribution in [0.25, 0.3) is 16.9 Å². The quantitative estimate of drug-likeness (QED) is 0.0988. The highest BCUT2D eigenvalue weighted by Crippen LogP contribution is 2.24. The number of anilines is 1. The van der Waals surface area contributed by atoms with E-state index in [0.717, 1.165) is 68.5 Å². The monoisotopic (exact) mass is 617 g/mol. The number of rotatable bonds is 23. The van der Waals surface area contributed by atoms with Crippen LogP contribution in [0.15, 0.2) is 54.7 Å². The van der Waals surface area contributed by atoms with Gasteiger partial charge in [0.05, 0.1) is 25.1 Å². The van der Waals surface area contributed by atoms with Crippen molar-refractivity contribution in [3.05, 3.63) is 54.7 Å². The van der Waals surface area contributed by atoms with E-state index in [4.69, 9.17) is 9.57 Å². The second-order valence-corrected chi connectivity index (χ2v) is 12.6. The zero-order valence-electron chi connectivity index (χ0n) is 28.3. The number of nitrogens with zero attached hydrogens (tertiary/aromatic N) is 5. The third-order valence-electron chi connectivity index (χ3n) is 8.90. The van der Waals surface area contributed by atoms with Crippen molar-refractivity contribution in [1.29, 1.82) is 0 Å². The predicted octanol–water partition coefficient (Wildman–Crippen LogP) is 9.65. The minimum absolute atomic E-state index is 0.778. The van der Waals surface area contributed by atoms with Crippen LogP contribution in [0.4, 0.5) is 5.69 Å². The summed E-state index contributed by atoms with van der Waals surface area (Å²) in [6, 6.07) is 16.8. The molecule has 1 aliphatic rings. The van der Waals surface area contributed by atoms with E-state index in [1.165, 1.54) is 102 Å². The molecule has 2 aromatic carbocycles. The lowest BCUT2D eigenvalue weighted by Gasteiger charge is -2.35. The zero-order valence-corrected chi connectivity index (χ0v) is 28.3. The summed E-state index contributed by atoms with van der Waals surface area (Å²) < 4.78 is 7.80. The van der Waals surface area contributed by atoms with Gasteiger partial charge in [0.15, 0.2) is 0 Å². The van der Waals surface area contributed by atoms with Crippen LogP contribution in [-0.2, 0) is 4.84 Å². The van der Waals surface area contributed by atoms with Crippen LogP contribution < -0.4 is 9.64 Å². The summed E-state index contributed by atoms with van der Waals surface area (Å²) >= 11 is 0. The summed E-state index contributed by atoms with van der Waals surface area (Å²) in [6.45, 7) is 10.0. The lowest BCUT2D eigenvalue weighted by Crippen LogP contribution is -2.46. The van der Waals surface area contributed by atoms with Gasteiger partial charge in [0, 0.05) is 37.4 Å². The van der Waals surface area contributed by atoms with Gasteiger partial charge in [-0.3, -0.25) is 4.84 Å². The van der Waals surface area contributed by atoms with Crippen molar-refractivity contribution in [3.8, 4) is 22.7 Å². The normalized spacial score (nSPS) is 13.9. The Morgan fingerprint density at radius 3 is 1.71 bits per heavy atom. The van der Waals surface area contributed by atoms with Crippen LogP contribution in [0.2, 0.25) is 0 Å². The smallest absolute Gasteiger partial charge is 0.119 e. The molecule has 0 unspecified atom stereocenters. The second kappa shape index (κ2) is 21.0. The summed E-state index contributed by atoms with van der Waals surface area (Å²) in [4.78, 5) is 8.50. The molecule has 0 N–H and O–H groups in total. The van der Waals surface area contributed by atoms with Crippen LogP contribution in [0.1, 0.15) is 117 Å². The average molecular weight is 618 g/mol. The van der Waals surface area contributed by atoms with E-state index in [1.54, 1.807) is 0 Å². The molecule has 3 aromatic rings. The van der Waals surface area contributed by atoms with Crippen molar-refractivity contribution >= 4 is 5.69 Å². The Kier molecular flexibility index (Phi) is 16.3. The zero-order chi connectivity index (χ0) is 31.4. The van der Waals surface area contributed by atoms with Gasteiger partial charge in [-0.2, -0.15) is 5.06 Å². The molecule has 1 aromatic heterocycles. The van der Waals surface area contributed by atoms with E-state index in [9.17, 15) is 0 Å². The van der Waals surface area contributed by atoms with Crippen molar-refractivity contribution in [2.45, 2.75) is 117 Å². The van der Waals surface area contributed by atoms with Gasteiger partial charge in [-0.1, -0.05) is 121 Å². The molecule has 0 aliphatic carbocycles. The Morgan fingerprint density at radius 2 is 1.11 bits per heavy atom. The van der Waals surface area contributed by atoms with Gasteiger partial charge in [0.2, 0.25) is 0 Å². The molecular weight excluding hydrogens is 558 g/mol. The molecule has 1 saturated heterocycles. The van der Waals surface area contributed by atoms with E-state index in [2.05, 4.69) is 58.4 Å². The van der Waals surface area contributed by atoms with Crippen molar-refractivity contribution in [1.82, 2.24) is 20.1 Å². The Hall–Kier alpha value is -2.90. The molecule has 45 heavy (non-hydrogen) atoms. The van der Waals surface area contributed by atoms with Crippen LogP contribution in [-0.4, -0.2) is 59.4 Å². The van der Waals surface area contributed by atoms with Gasteiger partial charge >= 0.3 is 0 Å². The highest BCUT2D eigenvalue weighted by atomic mass is 16.7. The van der Waals surface area contributed by atoms with E-state index in [1.807, 2.05) is 35.1 Å². The van der Waals surface area contributed by atoms with Crippen molar-refractivity contribution in [3.63, 3.8) is 0 Å². The highest BCUT2D eigenvalue weighted by Gasteiger charge is 2.18. The van der Waals surface area contributed by atoms with Gasteiger partial charge in [0.25, 0.3) is 0 Å². The van der Waals surface area contributed by atoms with Crippen LogP contribution in [0.5, 0.6) is 5.75 Å². The molecule has 4 rings (SSSR count). The topological polar surface area (TPSA) is 55.7 Å². The average Bonchev–Trinajstić information content (AvgIpc) is 3.58.